The average Bonchev–Trinajstić information content (AvgIpc) is 3.06. The van der Waals surface area contributed by atoms with Crippen molar-refractivity contribution in [3.63, 3.8) is 0 Å². The van der Waals surface area contributed by atoms with Crippen LogP contribution < -0.4 is 10.2 Å². The van der Waals surface area contributed by atoms with Crippen molar-refractivity contribution in [3.05, 3.63) is 52.9 Å². The second-order valence-electron chi connectivity index (χ2n) is 6.93. The zero-order valence-electron chi connectivity index (χ0n) is 15.1. The van der Waals surface area contributed by atoms with Crippen LogP contribution in [-0.2, 0) is 11.2 Å². The second-order valence-corrected chi connectivity index (χ2v) is 7.81. The normalized spacial score (nSPS) is 15.3. The molecule has 4 rings (SSSR count). The molecular weight excluding hydrogens is 363 g/mol. The van der Waals surface area contributed by atoms with Gasteiger partial charge in [0.15, 0.2) is 0 Å². The van der Waals surface area contributed by atoms with Crippen LogP contribution in [0.3, 0.4) is 0 Å². The molecule has 1 fully saturated rings. The van der Waals surface area contributed by atoms with E-state index in [9.17, 15) is 9.18 Å². The minimum Gasteiger partial charge on any atom is -0.355 e. The average molecular weight is 384 g/mol. The number of rotatable bonds is 4. The Hall–Kier alpha value is -2.54. The number of carbonyl (C=O) groups is 1. The van der Waals surface area contributed by atoms with E-state index in [1.54, 1.807) is 29.8 Å². The molecule has 27 heavy (non-hydrogen) atoms. The first-order valence-electron chi connectivity index (χ1n) is 9.07. The maximum atomic E-state index is 13.0. The monoisotopic (exact) mass is 384 g/mol. The number of aryl methyl sites for hydroxylation is 1. The Morgan fingerprint density at radius 1 is 1.26 bits per heavy atom. The van der Waals surface area contributed by atoms with Crippen LogP contribution in [-0.4, -0.2) is 35.0 Å². The maximum absolute atomic E-state index is 13.0. The number of aromatic nitrogens is 2. The molecule has 2 aromatic heterocycles. The van der Waals surface area contributed by atoms with Crippen molar-refractivity contribution < 1.29 is 9.18 Å². The topological polar surface area (TPSA) is 58.1 Å². The summed E-state index contributed by atoms with van der Waals surface area (Å²) in [6.45, 7) is 3.77. The third-order valence-electron chi connectivity index (χ3n) is 4.95. The molecule has 1 saturated heterocycles. The number of fused-ring (bicyclic) bond motifs is 1. The van der Waals surface area contributed by atoms with Gasteiger partial charge in [0, 0.05) is 19.1 Å². The summed E-state index contributed by atoms with van der Waals surface area (Å²) < 4.78 is 14.1. The van der Waals surface area contributed by atoms with Gasteiger partial charge in [-0.15, -0.1) is 11.3 Å². The van der Waals surface area contributed by atoms with Gasteiger partial charge in [-0.2, -0.15) is 0 Å². The van der Waals surface area contributed by atoms with Crippen molar-refractivity contribution in [2.75, 3.05) is 18.0 Å². The van der Waals surface area contributed by atoms with Gasteiger partial charge in [0.05, 0.1) is 16.6 Å². The van der Waals surface area contributed by atoms with E-state index in [4.69, 9.17) is 0 Å². The molecule has 0 unspecified atom stereocenters. The summed E-state index contributed by atoms with van der Waals surface area (Å²) in [6.07, 6.45) is 3.67. The zero-order chi connectivity index (χ0) is 18.8. The molecule has 0 aliphatic carbocycles. The van der Waals surface area contributed by atoms with Crippen LogP contribution in [0.4, 0.5) is 10.2 Å². The molecule has 3 heterocycles. The lowest BCUT2D eigenvalue weighted by Gasteiger charge is -2.33. The standard InChI is InChI=1S/C20H21FN4OS/c1-13-11-27-19-18(13)22-12-23-20(19)25-8-6-16(7-9-25)24-17(26)10-14-2-4-15(21)5-3-14/h2-5,11-12,16H,6-10H2,1H3,(H,24,26). The lowest BCUT2D eigenvalue weighted by Crippen LogP contribution is -2.45. The van der Waals surface area contributed by atoms with Gasteiger partial charge in [-0.1, -0.05) is 12.1 Å². The second kappa shape index (κ2) is 7.60. The molecule has 1 aromatic carbocycles. The maximum Gasteiger partial charge on any atom is 0.224 e. The fraction of sp³-hybridized carbons (Fsp3) is 0.350. The molecule has 0 bridgehead atoms. The van der Waals surface area contributed by atoms with E-state index in [1.165, 1.54) is 17.7 Å². The van der Waals surface area contributed by atoms with Crippen molar-refractivity contribution in [2.45, 2.75) is 32.2 Å². The van der Waals surface area contributed by atoms with E-state index in [-0.39, 0.29) is 24.2 Å². The SMILES string of the molecule is Cc1csc2c(N3CCC(NC(=O)Cc4ccc(F)cc4)CC3)ncnc12. The van der Waals surface area contributed by atoms with Gasteiger partial charge in [-0.05, 0) is 48.4 Å². The Kier molecular flexibility index (Phi) is 5.03. The van der Waals surface area contributed by atoms with Crippen LogP contribution in [0.1, 0.15) is 24.0 Å². The Morgan fingerprint density at radius 2 is 2.00 bits per heavy atom. The van der Waals surface area contributed by atoms with Crippen LogP contribution in [0.25, 0.3) is 10.2 Å². The molecule has 140 valence electrons. The summed E-state index contributed by atoms with van der Waals surface area (Å²) in [5, 5.41) is 5.22. The number of hydrogen-bond acceptors (Lipinski definition) is 5. The van der Waals surface area contributed by atoms with Crippen LogP contribution in [0.2, 0.25) is 0 Å². The van der Waals surface area contributed by atoms with Crippen molar-refractivity contribution in [2.24, 2.45) is 0 Å². The number of anilines is 1. The minimum absolute atomic E-state index is 0.0154. The van der Waals surface area contributed by atoms with Crippen LogP contribution in [0.5, 0.6) is 0 Å². The molecule has 5 nitrogen and oxygen atoms in total. The molecule has 1 amide bonds. The van der Waals surface area contributed by atoms with Gasteiger partial charge >= 0.3 is 0 Å². The smallest absolute Gasteiger partial charge is 0.224 e. The lowest BCUT2D eigenvalue weighted by molar-refractivity contribution is -0.121. The molecule has 0 radical (unpaired) electrons. The highest BCUT2D eigenvalue weighted by molar-refractivity contribution is 7.18. The molecular formula is C20H21FN4OS. The minimum atomic E-state index is -0.286. The van der Waals surface area contributed by atoms with Gasteiger partial charge in [0.2, 0.25) is 5.91 Å². The molecule has 0 saturated carbocycles. The van der Waals surface area contributed by atoms with E-state index in [2.05, 4.69) is 32.5 Å². The number of amides is 1. The zero-order valence-corrected chi connectivity index (χ0v) is 15.9. The largest absolute Gasteiger partial charge is 0.355 e. The third kappa shape index (κ3) is 3.93. The van der Waals surface area contributed by atoms with E-state index < -0.39 is 0 Å². The quantitative estimate of drug-likeness (QED) is 0.748. The molecule has 0 atom stereocenters. The summed E-state index contributed by atoms with van der Waals surface area (Å²) in [4.78, 5) is 23.4. The Bertz CT molecular complexity index is 948. The molecule has 3 aromatic rings. The van der Waals surface area contributed by atoms with Gasteiger partial charge < -0.3 is 10.2 Å². The van der Waals surface area contributed by atoms with Crippen LogP contribution in [0.15, 0.2) is 36.0 Å². The van der Waals surface area contributed by atoms with Crippen LogP contribution >= 0.6 is 11.3 Å². The van der Waals surface area contributed by atoms with E-state index >= 15 is 0 Å². The number of halogens is 1. The Balaban J connectivity index is 1.34. The van der Waals surface area contributed by atoms with Crippen molar-refractivity contribution in [1.29, 1.82) is 0 Å². The molecule has 1 N–H and O–H groups in total. The lowest BCUT2D eigenvalue weighted by atomic mass is 10.0. The van der Waals surface area contributed by atoms with Gasteiger partial charge in [-0.25, -0.2) is 14.4 Å². The Labute approximate surface area is 161 Å². The fourth-order valence-electron chi connectivity index (χ4n) is 3.48. The number of nitrogens with one attached hydrogen (secondary N) is 1. The Morgan fingerprint density at radius 3 is 2.74 bits per heavy atom. The number of nitrogens with zero attached hydrogens (tertiary/aromatic N) is 3. The highest BCUT2D eigenvalue weighted by Crippen LogP contribution is 2.32. The highest BCUT2D eigenvalue weighted by Gasteiger charge is 2.23. The van der Waals surface area contributed by atoms with Crippen molar-refractivity contribution >= 4 is 33.3 Å². The van der Waals surface area contributed by atoms with Gasteiger partial charge in [-0.3, -0.25) is 4.79 Å². The molecule has 1 aliphatic heterocycles. The van der Waals surface area contributed by atoms with E-state index in [1.807, 2.05) is 0 Å². The van der Waals surface area contributed by atoms with Crippen molar-refractivity contribution in [3.8, 4) is 0 Å². The third-order valence-corrected chi connectivity index (χ3v) is 6.03. The first-order chi connectivity index (χ1) is 13.1. The van der Waals surface area contributed by atoms with E-state index in [0.29, 0.717) is 0 Å². The predicted octanol–water partition coefficient (Wildman–Crippen LogP) is 3.47. The highest BCUT2D eigenvalue weighted by atomic mass is 32.1. The molecule has 0 spiro atoms. The van der Waals surface area contributed by atoms with Gasteiger partial charge in [0.25, 0.3) is 0 Å². The van der Waals surface area contributed by atoms with E-state index in [0.717, 1.165) is 47.5 Å². The predicted molar refractivity (Wildman–Crippen MR) is 106 cm³/mol. The summed E-state index contributed by atoms with van der Waals surface area (Å²) in [7, 11) is 0. The van der Waals surface area contributed by atoms with Crippen molar-refractivity contribution in [1.82, 2.24) is 15.3 Å². The molecule has 7 heteroatoms. The summed E-state index contributed by atoms with van der Waals surface area (Å²) >= 11 is 1.68. The number of benzene rings is 1. The van der Waals surface area contributed by atoms with Gasteiger partial charge in [0.1, 0.15) is 18.0 Å². The first kappa shape index (κ1) is 17.9. The number of thiophene rings is 1. The number of piperidine rings is 1. The number of carbonyl (C=O) groups excluding carboxylic acids is 1. The number of hydrogen-bond donors (Lipinski definition) is 1. The molecule has 1 aliphatic rings. The summed E-state index contributed by atoms with van der Waals surface area (Å²) in [5.41, 5.74) is 3.03. The fourth-order valence-corrected chi connectivity index (χ4v) is 4.50. The van der Waals surface area contributed by atoms with Crippen LogP contribution in [0, 0.1) is 12.7 Å². The summed E-state index contributed by atoms with van der Waals surface area (Å²) in [6, 6.07) is 6.24. The summed E-state index contributed by atoms with van der Waals surface area (Å²) in [5.74, 6) is 0.693. The first-order valence-corrected chi connectivity index (χ1v) is 9.95.